The maximum absolute atomic E-state index is 2.53. The summed E-state index contributed by atoms with van der Waals surface area (Å²) >= 11 is 0. The van der Waals surface area contributed by atoms with Gasteiger partial charge >= 0.3 is 0 Å². The van der Waals surface area contributed by atoms with Gasteiger partial charge in [0.25, 0.3) is 0 Å². The second-order valence-electron chi connectivity index (χ2n) is 34.1. The van der Waals surface area contributed by atoms with Gasteiger partial charge in [0.2, 0.25) is 0 Å². The molecule has 0 aliphatic heterocycles. The molecule has 0 atom stereocenters. The monoisotopic (exact) mass is 1630 g/mol. The van der Waals surface area contributed by atoms with Gasteiger partial charge < -0.3 is 36.5 Å². The zero-order chi connectivity index (χ0) is 83.5. The van der Waals surface area contributed by atoms with Gasteiger partial charge in [-0.1, -0.05) is 291 Å². The number of aromatic nitrogens is 8. The molecule has 0 N–H and O–H groups in total. The van der Waals surface area contributed by atoms with E-state index in [4.69, 9.17) is 0 Å². The molecule has 0 aliphatic carbocycles. The Hall–Kier alpha value is -17.2. The number of hydrogen-bond donors (Lipinski definition) is 0. The molecule has 8 nitrogen and oxygen atoms in total. The van der Waals surface area contributed by atoms with E-state index in [1.165, 1.54) is 114 Å². The molecule has 0 saturated heterocycles. The van der Waals surface area contributed by atoms with Crippen molar-refractivity contribution in [3.05, 3.63) is 449 Å². The minimum atomic E-state index is 1.08. The predicted molar refractivity (Wildman–Crippen MR) is 537 cm³/mol. The Balaban J connectivity index is 0.608. The van der Waals surface area contributed by atoms with Crippen LogP contribution in [0.3, 0.4) is 0 Å². The molecule has 0 saturated carbocycles. The van der Waals surface area contributed by atoms with Crippen LogP contribution in [0.2, 0.25) is 0 Å². The summed E-state index contributed by atoms with van der Waals surface area (Å²) in [6, 6.07) is 167. The maximum atomic E-state index is 2.53. The molecule has 20 aromatic carbocycles. The highest BCUT2D eigenvalue weighted by Crippen LogP contribution is 2.50. The Labute approximate surface area is 733 Å². The zero-order valence-corrected chi connectivity index (χ0v) is 69.3. The quantitative estimate of drug-likeness (QED) is 0.124. The van der Waals surface area contributed by atoms with E-state index in [-0.39, 0.29) is 0 Å². The van der Waals surface area contributed by atoms with Crippen LogP contribution in [-0.2, 0) is 0 Å². The lowest BCUT2D eigenvalue weighted by Crippen LogP contribution is -2.02. The largest absolute Gasteiger partial charge is 0.309 e. The summed E-state index contributed by atoms with van der Waals surface area (Å²) in [4.78, 5) is 0. The SMILES string of the molecule is c1ccc(-n2c3ccccc3c3ccccc32)c(-c2ccccc2-n2c3ccc(-n4c5ccccc5c5ccccc54)cc3c3cc(-n4c5ccccc5c5ccc(-c6cccc7c6c6ccccc6n7-c6ccc7c8ccccc8n(-c8ccccc8-c8ccccc8-n8c9ccccc9c9c(-n%10c%11ccccc%11c%11ccccc%11%10)cccc98)c7c6)cc54)ccc32)c1. The lowest BCUT2D eigenvalue weighted by Gasteiger charge is -2.19. The third-order valence-corrected chi connectivity index (χ3v) is 27.7. The molecule has 0 fully saturated rings. The van der Waals surface area contributed by atoms with Crippen molar-refractivity contribution in [3.63, 3.8) is 0 Å². The van der Waals surface area contributed by atoms with E-state index in [1.54, 1.807) is 0 Å². The topological polar surface area (TPSA) is 39.4 Å². The normalized spacial score (nSPS) is 12.2. The average Bonchev–Trinajstić information content (AvgIpc) is 1.56. The highest BCUT2D eigenvalue weighted by Gasteiger charge is 2.28. The summed E-state index contributed by atoms with van der Waals surface area (Å²) in [6.45, 7) is 0. The van der Waals surface area contributed by atoms with Crippen molar-refractivity contribution < 1.29 is 0 Å². The Morgan fingerprint density at radius 2 is 0.336 bits per heavy atom. The van der Waals surface area contributed by atoms with Crippen LogP contribution in [0.25, 0.3) is 253 Å². The van der Waals surface area contributed by atoms with Gasteiger partial charge in [0.15, 0.2) is 0 Å². The predicted octanol–water partition coefficient (Wildman–Crippen LogP) is 31.5. The van der Waals surface area contributed by atoms with Crippen LogP contribution < -0.4 is 0 Å². The van der Waals surface area contributed by atoms with Crippen LogP contribution in [0.5, 0.6) is 0 Å². The molecule has 0 bridgehead atoms. The van der Waals surface area contributed by atoms with Gasteiger partial charge in [-0.15, -0.1) is 0 Å². The van der Waals surface area contributed by atoms with Crippen molar-refractivity contribution in [2.45, 2.75) is 0 Å². The Bertz CT molecular complexity index is 9470. The standard InChI is InChI=1S/C120H74N8/c1-15-46-98-80(31-1)81-32-2-16-47-99(81)121(98)76-65-69-112-96(72-76)97-73-77(66-70-113(97)125(112)104-52-21-7-36-85(104)84-35-6-20-51-103(84)124-101-49-18-4-33-82(101)83-34-5-19-50-102(83)124)123-100-48-17-3-41-90(100)92-67-63-75(71-117(92)123)79-45-29-60-114-119(79)94-43-13-27-58-110(94)122(114)78-64-68-93-91-42-12-26-57-109(91)128(118(93)74-78)108-56-25-11-40-89(108)88-39-10-24-55-107(88)127-111-59-28-14-44-95(111)120-115(61-30-62-116(120)127)126-105-53-22-8-37-86(105)87-38-9-23-54-106(87)126/h1-74H. The van der Waals surface area contributed by atoms with E-state index in [9.17, 15) is 0 Å². The van der Waals surface area contributed by atoms with Crippen molar-refractivity contribution in [1.29, 1.82) is 0 Å². The van der Waals surface area contributed by atoms with E-state index >= 15 is 0 Å². The number of rotatable bonds is 11. The Morgan fingerprint density at radius 3 is 0.750 bits per heavy atom. The first-order valence-corrected chi connectivity index (χ1v) is 44.1. The minimum Gasteiger partial charge on any atom is -0.309 e. The van der Waals surface area contributed by atoms with Crippen molar-refractivity contribution in [1.82, 2.24) is 36.5 Å². The van der Waals surface area contributed by atoms with Crippen LogP contribution in [0, 0.1) is 0 Å². The fourth-order valence-electron chi connectivity index (χ4n) is 22.4. The fourth-order valence-corrected chi connectivity index (χ4v) is 22.4. The molecule has 128 heavy (non-hydrogen) atoms. The van der Waals surface area contributed by atoms with Gasteiger partial charge in [-0.05, 0) is 169 Å². The third kappa shape index (κ3) is 9.93. The fraction of sp³-hybridized carbons (Fsp3) is 0. The second-order valence-corrected chi connectivity index (χ2v) is 34.1. The number of nitrogens with zero attached hydrogens (tertiary/aromatic N) is 8. The van der Waals surface area contributed by atoms with E-state index in [1.807, 2.05) is 0 Å². The first-order valence-electron chi connectivity index (χ1n) is 44.1. The summed E-state index contributed by atoms with van der Waals surface area (Å²) in [7, 11) is 0. The molecule has 0 unspecified atom stereocenters. The number of fused-ring (bicyclic) bond motifs is 24. The summed E-state index contributed by atoms with van der Waals surface area (Å²) in [5.74, 6) is 0. The van der Waals surface area contributed by atoms with Gasteiger partial charge in [0.05, 0.1) is 117 Å². The van der Waals surface area contributed by atoms with Crippen molar-refractivity contribution in [2.24, 2.45) is 0 Å². The number of benzene rings is 20. The van der Waals surface area contributed by atoms with Gasteiger partial charge in [-0.2, -0.15) is 0 Å². The van der Waals surface area contributed by atoms with Crippen LogP contribution in [0.4, 0.5) is 0 Å². The van der Waals surface area contributed by atoms with Gasteiger partial charge in [0, 0.05) is 125 Å². The molecule has 8 aromatic heterocycles. The second kappa shape index (κ2) is 27.1. The highest BCUT2D eigenvalue weighted by molar-refractivity contribution is 6.22. The van der Waals surface area contributed by atoms with Gasteiger partial charge in [-0.3, -0.25) is 0 Å². The third-order valence-electron chi connectivity index (χ3n) is 27.7. The van der Waals surface area contributed by atoms with Crippen LogP contribution in [-0.4, -0.2) is 36.5 Å². The van der Waals surface area contributed by atoms with Crippen LogP contribution >= 0.6 is 0 Å². The number of para-hydroxylation sites is 14. The van der Waals surface area contributed by atoms with Crippen molar-refractivity contribution >= 4 is 174 Å². The van der Waals surface area contributed by atoms with Crippen molar-refractivity contribution in [3.8, 4) is 78.9 Å². The van der Waals surface area contributed by atoms with E-state index in [2.05, 4.69) is 485 Å². The molecule has 8 heteroatoms. The summed E-state index contributed by atoms with van der Waals surface area (Å²) in [5.41, 5.74) is 34.1. The molecule has 0 aliphatic rings. The highest BCUT2D eigenvalue weighted by atomic mass is 15.1. The first kappa shape index (κ1) is 70.3. The average molecular weight is 1630 g/mol. The molecule has 0 amide bonds. The summed E-state index contributed by atoms with van der Waals surface area (Å²) < 4.78 is 20.0. The summed E-state index contributed by atoms with van der Waals surface area (Å²) in [5, 5.41) is 19.3. The van der Waals surface area contributed by atoms with Gasteiger partial charge in [0.1, 0.15) is 0 Å². The van der Waals surface area contributed by atoms with Crippen LogP contribution in [0.15, 0.2) is 449 Å². The minimum absolute atomic E-state index is 1.08. The van der Waals surface area contributed by atoms with Crippen LogP contribution in [0.1, 0.15) is 0 Å². The first-order chi connectivity index (χ1) is 63.6. The zero-order valence-electron chi connectivity index (χ0n) is 69.3. The van der Waals surface area contributed by atoms with E-state index < -0.39 is 0 Å². The molecule has 0 radical (unpaired) electrons. The molecular weight excluding hydrogens is 1550 g/mol. The Kier molecular flexibility index (Phi) is 14.9. The van der Waals surface area contributed by atoms with Crippen molar-refractivity contribution in [2.75, 3.05) is 0 Å². The van der Waals surface area contributed by atoms with E-state index in [0.717, 1.165) is 139 Å². The smallest absolute Gasteiger partial charge is 0.0562 e. The molecule has 8 heterocycles. The molecule has 594 valence electrons. The van der Waals surface area contributed by atoms with E-state index in [0.29, 0.717) is 0 Å². The maximum Gasteiger partial charge on any atom is 0.0562 e. The molecule has 28 aromatic rings. The Morgan fingerprint density at radius 1 is 0.109 bits per heavy atom. The summed E-state index contributed by atoms with van der Waals surface area (Å²) in [6.07, 6.45) is 0. The van der Waals surface area contributed by atoms with Gasteiger partial charge in [-0.25, -0.2) is 0 Å². The lowest BCUT2D eigenvalue weighted by atomic mass is 9.98. The lowest BCUT2D eigenvalue weighted by molar-refractivity contribution is 1.15. The molecule has 0 spiro atoms. The molecular formula is C120H74N8. The number of hydrogen-bond acceptors (Lipinski definition) is 0. The molecule has 28 rings (SSSR count).